The Labute approximate surface area is 115 Å². The van der Waals surface area contributed by atoms with Gasteiger partial charge in [-0.1, -0.05) is 82.7 Å². The van der Waals surface area contributed by atoms with Gasteiger partial charge in [0.1, 0.15) is 0 Å². The van der Waals surface area contributed by atoms with Crippen LogP contribution in [0.3, 0.4) is 0 Å². The van der Waals surface area contributed by atoms with Crippen molar-refractivity contribution in [2.24, 2.45) is 0 Å². The van der Waals surface area contributed by atoms with E-state index in [4.69, 9.17) is 0 Å². The van der Waals surface area contributed by atoms with E-state index in [9.17, 15) is 0 Å². The van der Waals surface area contributed by atoms with Gasteiger partial charge in [0.05, 0.1) is 4.83 Å². The van der Waals surface area contributed by atoms with Crippen LogP contribution in [-0.2, 0) is 0 Å². The summed E-state index contributed by atoms with van der Waals surface area (Å²) in [5.41, 5.74) is 2.58. The zero-order valence-electron chi connectivity index (χ0n) is 9.88. The minimum absolute atomic E-state index is 0.253. The second-order valence-electron chi connectivity index (χ2n) is 4.38. The van der Waals surface area contributed by atoms with Crippen LogP contribution in [0.1, 0.15) is 16.0 Å². The van der Waals surface area contributed by atoms with Crippen molar-refractivity contribution in [1.82, 2.24) is 0 Å². The molecule has 0 bridgehead atoms. The molecule has 1 unspecified atom stereocenters. The zero-order chi connectivity index (χ0) is 12.4. The summed E-state index contributed by atoms with van der Waals surface area (Å²) in [6.45, 7) is 0. The van der Waals surface area contributed by atoms with Gasteiger partial charge in [-0.05, 0) is 28.0 Å². The molecule has 3 aromatic carbocycles. The van der Waals surface area contributed by atoms with Crippen molar-refractivity contribution < 1.29 is 0 Å². The van der Waals surface area contributed by atoms with E-state index < -0.39 is 0 Å². The molecule has 0 aliphatic rings. The van der Waals surface area contributed by atoms with E-state index in [1.54, 1.807) is 0 Å². The van der Waals surface area contributed by atoms with Crippen LogP contribution >= 0.6 is 15.9 Å². The van der Waals surface area contributed by atoms with Crippen molar-refractivity contribution in [3.63, 3.8) is 0 Å². The van der Waals surface area contributed by atoms with Gasteiger partial charge in [-0.2, -0.15) is 0 Å². The lowest BCUT2D eigenvalue weighted by atomic mass is 10.0. The minimum atomic E-state index is 0.253. The average Bonchev–Trinajstić information content (AvgIpc) is 2.47. The Morgan fingerprint density at radius 1 is 0.611 bits per heavy atom. The SMILES string of the molecule is BrC(c1ccccc1)c1ccc2ccccc2c1. The van der Waals surface area contributed by atoms with Gasteiger partial charge < -0.3 is 0 Å². The fourth-order valence-electron chi connectivity index (χ4n) is 2.18. The summed E-state index contributed by atoms with van der Waals surface area (Å²) >= 11 is 3.78. The molecule has 0 fully saturated rings. The molecule has 1 atom stereocenters. The molecule has 0 aromatic heterocycles. The number of halogens is 1. The molecule has 0 radical (unpaired) electrons. The molecule has 0 heterocycles. The summed E-state index contributed by atoms with van der Waals surface area (Å²) in [5.74, 6) is 0. The maximum atomic E-state index is 3.78. The zero-order valence-corrected chi connectivity index (χ0v) is 11.5. The summed E-state index contributed by atoms with van der Waals surface area (Å²) in [6.07, 6.45) is 0. The van der Waals surface area contributed by atoms with Crippen LogP contribution in [0, 0.1) is 0 Å². The van der Waals surface area contributed by atoms with Gasteiger partial charge in [-0.15, -0.1) is 0 Å². The quantitative estimate of drug-likeness (QED) is 0.561. The Hall–Kier alpha value is -1.60. The van der Waals surface area contributed by atoms with E-state index >= 15 is 0 Å². The largest absolute Gasteiger partial charge is 0.0786 e. The van der Waals surface area contributed by atoms with Crippen LogP contribution < -0.4 is 0 Å². The molecule has 0 spiro atoms. The highest BCUT2D eigenvalue weighted by Gasteiger charge is 2.09. The predicted molar refractivity (Wildman–Crippen MR) is 81.2 cm³/mol. The number of fused-ring (bicyclic) bond motifs is 1. The average molecular weight is 297 g/mol. The van der Waals surface area contributed by atoms with Gasteiger partial charge in [-0.3, -0.25) is 0 Å². The van der Waals surface area contributed by atoms with Crippen LogP contribution in [0.4, 0.5) is 0 Å². The van der Waals surface area contributed by atoms with Gasteiger partial charge >= 0.3 is 0 Å². The third kappa shape index (κ3) is 2.19. The van der Waals surface area contributed by atoms with Gasteiger partial charge in [-0.25, -0.2) is 0 Å². The Kier molecular flexibility index (Phi) is 3.16. The first-order chi connectivity index (χ1) is 8.84. The summed E-state index contributed by atoms with van der Waals surface area (Å²) in [5, 5.41) is 2.57. The maximum absolute atomic E-state index is 3.78. The summed E-state index contributed by atoms with van der Waals surface area (Å²) in [6, 6.07) is 25.6. The lowest BCUT2D eigenvalue weighted by molar-refractivity contribution is 1.18. The lowest BCUT2D eigenvalue weighted by Crippen LogP contribution is -1.92. The molecule has 0 amide bonds. The van der Waals surface area contributed by atoms with Gasteiger partial charge in [0.25, 0.3) is 0 Å². The van der Waals surface area contributed by atoms with E-state index in [1.807, 2.05) is 6.07 Å². The molecule has 1 heteroatoms. The van der Waals surface area contributed by atoms with Gasteiger partial charge in [0.15, 0.2) is 0 Å². The maximum Gasteiger partial charge on any atom is 0.0644 e. The van der Waals surface area contributed by atoms with Gasteiger partial charge in [0, 0.05) is 0 Å². The fourth-order valence-corrected chi connectivity index (χ4v) is 2.77. The van der Waals surface area contributed by atoms with E-state index in [2.05, 4.69) is 82.7 Å². The van der Waals surface area contributed by atoms with Crippen molar-refractivity contribution in [3.8, 4) is 0 Å². The van der Waals surface area contributed by atoms with Crippen LogP contribution in [0.2, 0.25) is 0 Å². The predicted octanol–water partition coefficient (Wildman–Crippen LogP) is 5.32. The third-order valence-electron chi connectivity index (χ3n) is 3.16. The first-order valence-corrected chi connectivity index (χ1v) is 6.94. The number of benzene rings is 3. The second-order valence-corrected chi connectivity index (χ2v) is 5.30. The normalized spacial score (nSPS) is 12.5. The Morgan fingerprint density at radius 2 is 1.28 bits per heavy atom. The molecule has 0 saturated heterocycles. The van der Waals surface area contributed by atoms with Crippen molar-refractivity contribution >= 4 is 26.7 Å². The van der Waals surface area contributed by atoms with E-state index in [0.717, 1.165) is 0 Å². The Balaban J connectivity index is 2.04. The summed E-state index contributed by atoms with van der Waals surface area (Å²) in [4.78, 5) is 0.253. The van der Waals surface area contributed by atoms with Gasteiger partial charge in [0.2, 0.25) is 0 Å². The number of hydrogen-bond donors (Lipinski definition) is 0. The molecular weight excluding hydrogens is 284 g/mol. The first-order valence-electron chi connectivity index (χ1n) is 6.02. The fraction of sp³-hybridized carbons (Fsp3) is 0.0588. The highest BCUT2D eigenvalue weighted by Crippen LogP contribution is 2.32. The molecule has 0 N–H and O–H groups in total. The Bertz CT molecular complexity index is 659. The van der Waals surface area contributed by atoms with Crippen molar-refractivity contribution in [1.29, 1.82) is 0 Å². The topological polar surface area (TPSA) is 0 Å². The molecule has 0 nitrogen and oxygen atoms in total. The second kappa shape index (κ2) is 4.95. The molecule has 0 aliphatic carbocycles. The standard InChI is InChI=1S/C17H13Br/c18-17(14-7-2-1-3-8-14)16-11-10-13-6-4-5-9-15(13)12-16/h1-12,17H. The van der Waals surface area contributed by atoms with E-state index in [-0.39, 0.29) is 4.83 Å². The van der Waals surface area contributed by atoms with Crippen molar-refractivity contribution in [2.75, 3.05) is 0 Å². The van der Waals surface area contributed by atoms with E-state index in [0.29, 0.717) is 0 Å². The van der Waals surface area contributed by atoms with Crippen molar-refractivity contribution in [2.45, 2.75) is 4.83 Å². The highest BCUT2D eigenvalue weighted by molar-refractivity contribution is 9.09. The van der Waals surface area contributed by atoms with Crippen LogP contribution in [0.15, 0.2) is 72.8 Å². The number of rotatable bonds is 2. The third-order valence-corrected chi connectivity index (χ3v) is 4.22. The lowest BCUT2D eigenvalue weighted by Gasteiger charge is -2.11. The van der Waals surface area contributed by atoms with E-state index in [1.165, 1.54) is 21.9 Å². The summed E-state index contributed by atoms with van der Waals surface area (Å²) in [7, 11) is 0. The molecule has 18 heavy (non-hydrogen) atoms. The molecule has 3 aromatic rings. The smallest absolute Gasteiger partial charge is 0.0644 e. The molecule has 0 saturated carbocycles. The van der Waals surface area contributed by atoms with Crippen LogP contribution in [0.25, 0.3) is 10.8 Å². The summed E-state index contributed by atoms with van der Waals surface area (Å²) < 4.78 is 0. The Morgan fingerprint density at radius 3 is 2.06 bits per heavy atom. The van der Waals surface area contributed by atoms with Crippen LogP contribution in [0.5, 0.6) is 0 Å². The molecule has 0 aliphatic heterocycles. The molecular formula is C17H13Br. The first kappa shape index (κ1) is 11.5. The minimum Gasteiger partial charge on any atom is -0.0786 e. The number of alkyl halides is 1. The highest BCUT2D eigenvalue weighted by atomic mass is 79.9. The number of hydrogen-bond acceptors (Lipinski definition) is 0. The molecule has 3 rings (SSSR count). The van der Waals surface area contributed by atoms with Crippen LogP contribution in [-0.4, -0.2) is 0 Å². The monoisotopic (exact) mass is 296 g/mol. The van der Waals surface area contributed by atoms with Crippen molar-refractivity contribution in [3.05, 3.63) is 83.9 Å². The molecule has 88 valence electrons.